The molecule has 2 aromatic rings. The minimum atomic E-state index is -0.0264. The molecule has 0 spiro atoms. The van der Waals surface area contributed by atoms with E-state index in [9.17, 15) is 0 Å². The second kappa shape index (κ2) is 4.39. The van der Waals surface area contributed by atoms with Gasteiger partial charge in [-0.2, -0.15) is 5.10 Å². The van der Waals surface area contributed by atoms with Crippen molar-refractivity contribution < 1.29 is 0 Å². The Morgan fingerprint density at radius 3 is 2.81 bits per heavy atom. The molecule has 3 nitrogen and oxygen atoms in total. The molecule has 4 heteroatoms. The first kappa shape index (κ1) is 11.4. The zero-order chi connectivity index (χ0) is 11.7. The Hall–Kier alpha value is -1.13. The van der Waals surface area contributed by atoms with Crippen LogP contribution in [0.2, 0.25) is 0 Å². The Balaban J connectivity index is 2.56. The quantitative estimate of drug-likeness (QED) is 0.919. The molecule has 0 amide bonds. The monoisotopic (exact) mass is 279 g/mol. The molecule has 1 aromatic carbocycles. The maximum Gasteiger partial charge on any atom is 0.0623 e. The SMILES string of the molecule is CC(N)c1c(-c2cccc(Br)c2)cnn1C. The van der Waals surface area contributed by atoms with Crippen molar-refractivity contribution in [1.82, 2.24) is 9.78 Å². The Morgan fingerprint density at radius 2 is 2.19 bits per heavy atom. The second-order valence-electron chi connectivity index (χ2n) is 3.87. The molecule has 1 heterocycles. The molecule has 1 atom stereocenters. The molecule has 2 rings (SSSR count). The van der Waals surface area contributed by atoms with Gasteiger partial charge in [0.15, 0.2) is 0 Å². The first-order valence-electron chi connectivity index (χ1n) is 5.13. The van der Waals surface area contributed by atoms with Gasteiger partial charge in [0.25, 0.3) is 0 Å². The highest BCUT2D eigenvalue weighted by molar-refractivity contribution is 9.10. The van der Waals surface area contributed by atoms with Gasteiger partial charge in [0.1, 0.15) is 0 Å². The lowest BCUT2D eigenvalue weighted by Crippen LogP contribution is -2.11. The summed E-state index contributed by atoms with van der Waals surface area (Å²) in [5, 5.41) is 4.27. The van der Waals surface area contributed by atoms with E-state index in [4.69, 9.17) is 5.73 Å². The summed E-state index contributed by atoms with van der Waals surface area (Å²) in [6.07, 6.45) is 1.86. The van der Waals surface area contributed by atoms with E-state index in [-0.39, 0.29) is 6.04 Å². The lowest BCUT2D eigenvalue weighted by Gasteiger charge is -2.09. The number of aryl methyl sites for hydroxylation is 1. The van der Waals surface area contributed by atoms with Crippen molar-refractivity contribution in [2.24, 2.45) is 12.8 Å². The van der Waals surface area contributed by atoms with Crippen LogP contribution in [-0.4, -0.2) is 9.78 Å². The first-order valence-corrected chi connectivity index (χ1v) is 5.92. The Bertz CT molecular complexity index is 503. The summed E-state index contributed by atoms with van der Waals surface area (Å²) in [5.74, 6) is 0. The Kier molecular flexibility index (Phi) is 3.12. The van der Waals surface area contributed by atoms with E-state index in [1.165, 1.54) is 0 Å². The first-order chi connectivity index (χ1) is 7.59. The molecule has 1 aromatic heterocycles. The lowest BCUT2D eigenvalue weighted by molar-refractivity contribution is 0.655. The molecule has 0 bridgehead atoms. The average Bonchev–Trinajstić information content (AvgIpc) is 2.60. The van der Waals surface area contributed by atoms with E-state index in [0.717, 1.165) is 21.3 Å². The van der Waals surface area contributed by atoms with E-state index in [1.54, 1.807) is 0 Å². The Morgan fingerprint density at radius 1 is 1.44 bits per heavy atom. The molecule has 0 radical (unpaired) electrons. The molecule has 0 aliphatic carbocycles. The van der Waals surface area contributed by atoms with Crippen molar-refractivity contribution in [3.8, 4) is 11.1 Å². The van der Waals surface area contributed by atoms with E-state index >= 15 is 0 Å². The van der Waals surface area contributed by atoms with Crippen LogP contribution in [0.1, 0.15) is 18.7 Å². The van der Waals surface area contributed by atoms with Gasteiger partial charge in [-0.3, -0.25) is 4.68 Å². The minimum absolute atomic E-state index is 0.0264. The fraction of sp³-hybridized carbons (Fsp3) is 0.250. The molecular weight excluding hydrogens is 266 g/mol. The van der Waals surface area contributed by atoms with E-state index in [2.05, 4.69) is 33.2 Å². The van der Waals surface area contributed by atoms with Crippen LogP contribution in [0.4, 0.5) is 0 Å². The number of halogens is 1. The zero-order valence-corrected chi connectivity index (χ0v) is 10.9. The third kappa shape index (κ3) is 2.03. The molecule has 0 aliphatic heterocycles. The van der Waals surface area contributed by atoms with Gasteiger partial charge in [-0.25, -0.2) is 0 Å². The summed E-state index contributed by atoms with van der Waals surface area (Å²) in [6, 6.07) is 8.13. The van der Waals surface area contributed by atoms with Crippen molar-refractivity contribution in [2.45, 2.75) is 13.0 Å². The minimum Gasteiger partial charge on any atom is -0.323 e. The molecule has 1 unspecified atom stereocenters. The van der Waals surface area contributed by atoms with Gasteiger partial charge in [0.2, 0.25) is 0 Å². The van der Waals surface area contributed by atoms with Gasteiger partial charge < -0.3 is 5.73 Å². The van der Waals surface area contributed by atoms with Crippen LogP contribution in [0, 0.1) is 0 Å². The summed E-state index contributed by atoms with van der Waals surface area (Å²) >= 11 is 3.47. The summed E-state index contributed by atoms with van der Waals surface area (Å²) in [4.78, 5) is 0. The van der Waals surface area contributed by atoms with Crippen molar-refractivity contribution >= 4 is 15.9 Å². The zero-order valence-electron chi connectivity index (χ0n) is 9.31. The van der Waals surface area contributed by atoms with Crippen molar-refractivity contribution in [2.75, 3.05) is 0 Å². The fourth-order valence-electron chi connectivity index (χ4n) is 1.87. The van der Waals surface area contributed by atoms with Crippen LogP contribution < -0.4 is 5.73 Å². The number of benzene rings is 1. The van der Waals surface area contributed by atoms with Gasteiger partial charge in [-0.15, -0.1) is 0 Å². The smallest absolute Gasteiger partial charge is 0.0623 e. The van der Waals surface area contributed by atoms with Gasteiger partial charge >= 0.3 is 0 Å². The maximum atomic E-state index is 5.96. The third-order valence-corrected chi connectivity index (χ3v) is 3.04. The highest BCUT2D eigenvalue weighted by atomic mass is 79.9. The summed E-state index contributed by atoms with van der Waals surface area (Å²) < 4.78 is 2.89. The number of aromatic nitrogens is 2. The molecule has 0 saturated heterocycles. The van der Waals surface area contributed by atoms with Gasteiger partial charge in [0.05, 0.1) is 11.9 Å². The largest absolute Gasteiger partial charge is 0.323 e. The lowest BCUT2D eigenvalue weighted by atomic mass is 10.0. The summed E-state index contributed by atoms with van der Waals surface area (Å²) in [5.41, 5.74) is 9.25. The van der Waals surface area contributed by atoms with Crippen molar-refractivity contribution in [3.63, 3.8) is 0 Å². The highest BCUT2D eigenvalue weighted by Gasteiger charge is 2.13. The topological polar surface area (TPSA) is 43.8 Å². The van der Waals surface area contributed by atoms with Gasteiger partial charge in [-0.05, 0) is 24.6 Å². The number of hydrogen-bond acceptors (Lipinski definition) is 2. The van der Waals surface area contributed by atoms with E-state index in [0.29, 0.717) is 0 Å². The van der Waals surface area contributed by atoms with E-state index < -0.39 is 0 Å². The van der Waals surface area contributed by atoms with E-state index in [1.807, 2.05) is 37.0 Å². The van der Waals surface area contributed by atoms with Crippen LogP contribution in [-0.2, 0) is 7.05 Å². The Labute approximate surface area is 103 Å². The normalized spacial score (nSPS) is 12.8. The number of hydrogen-bond donors (Lipinski definition) is 1. The number of nitrogens with zero attached hydrogens (tertiary/aromatic N) is 2. The van der Waals surface area contributed by atoms with Gasteiger partial charge in [-0.1, -0.05) is 28.1 Å². The van der Waals surface area contributed by atoms with Crippen molar-refractivity contribution in [3.05, 3.63) is 40.6 Å². The molecule has 0 fully saturated rings. The van der Waals surface area contributed by atoms with Crippen LogP contribution in [0.15, 0.2) is 34.9 Å². The van der Waals surface area contributed by atoms with Gasteiger partial charge in [0, 0.05) is 23.1 Å². The second-order valence-corrected chi connectivity index (χ2v) is 4.78. The van der Waals surface area contributed by atoms with Crippen LogP contribution in [0.5, 0.6) is 0 Å². The predicted molar refractivity (Wildman–Crippen MR) is 68.9 cm³/mol. The van der Waals surface area contributed by atoms with Crippen molar-refractivity contribution in [1.29, 1.82) is 0 Å². The molecular formula is C12H14BrN3. The third-order valence-electron chi connectivity index (χ3n) is 2.55. The summed E-state index contributed by atoms with van der Waals surface area (Å²) in [7, 11) is 1.92. The van der Waals surface area contributed by atoms with Crippen LogP contribution >= 0.6 is 15.9 Å². The molecule has 2 N–H and O–H groups in total. The number of nitrogens with two attached hydrogens (primary N) is 1. The molecule has 0 saturated carbocycles. The molecule has 84 valence electrons. The highest BCUT2D eigenvalue weighted by Crippen LogP contribution is 2.28. The molecule has 16 heavy (non-hydrogen) atoms. The number of rotatable bonds is 2. The maximum absolute atomic E-state index is 5.96. The fourth-order valence-corrected chi connectivity index (χ4v) is 2.26. The average molecular weight is 280 g/mol. The van der Waals surface area contributed by atoms with Crippen LogP contribution in [0.3, 0.4) is 0 Å². The predicted octanol–water partition coefficient (Wildman–Crippen LogP) is 2.87. The van der Waals surface area contributed by atoms with Crippen LogP contribution in [0.25, 0.3) is 11.1 Å². The summed E-state index contributed by atoms with van der Waals surface area (Å²) in [6.45, 7) is 1.97. The standard InChI is InChI=1S/C12H14BrN3/c1-8(14)12-11(7-15-16(12)2)9-4-3-5-10(13)6-9/h3-8H,14H2,1-2H3. The molecule has 0 aliphatic rings.